The summed E-state index contributed by atoms with van der Waals surface area (Å²) in [6.45, 7) is 3.87. The molecular formula is C15H19N3O4S. The smallest absolute Gasteiger partial charge is 0.323 e. The van der Waals surface area contributed by atoms with Crippen LogP contribution in [0.1, 0.15) is 21.7 Å². The molecule has 0 aliphatic heterocycles. The first-order valence-corrected chi connectivity index (χ1v) is 7.92. The lowest BCUT2D eigenvalue weighted by atomic mass is 10.2. The highest BCUT2D eigenvalue weighted by Gasteiger charge is 2.23. The number of carbonyl (C=O) groups is 2. The van der Waals surface area contributed by atoms with Crippen LogP contribution in [0.15, 0.2) is 17.6 Å². The summed E-state index contributed by atoms with van der Waals surface area (Å²) in [7, 11) is 1.51. The highest BCUT2D eigenvalue weighted by atomic mass is 32.1. The van der Waals surface area contributed by atoms with Crippen molar-refractivity contribution in [3.63, 3.8) is 0 Å². The summed E-state index contributed by atoms with van der Waals surface area (Å²) < 4.78 is 6.85. The summed E-state index contributed by atoms with van der Waals surface area (Å²) in [6, 6.07) is 1.76. The van der Waals surface area contributed by atoms with Gasteiger partial charge in [-0.1, -0.05) is 0 Å². The van der Waals surface area contributed by atoms with E-state index in [-0.39, 0.29) is 25.6 Å². The van der Waals surface area contributed by atoms with Crippen LogP contribution in [-0.2, 0) is 9.53 Å². The number of carboxylic acid groups (broad SMARTS) is 1. The predicted molar refractivity (Wildman–Crippen MR) is 86.3 cm³/mol. The summed E-state index contributed by atoms with van der Waals surface area (Å²) in [5, 5.41) is 11.7. The van der Waals surface area contributed by atoms with Crippen LogP contribution in [0, 0.1) is 13.8 Å². The monoisotopic (exact) mass is 337 g/mol. The maximum atomic E-state index is 12.7. The van der Waals surface area contributed by atoms with Crippen LogP contribution >= 0.6 is 11.3 Å². The number of methoxy groups -OCH3 is 1. The van der Waals surface area contributed by atoms with Gasteiger partial charge in [0.2, 0.25) is 0 Å². The fourth-order valence-corrected chi connectivity index (χ4v) is 3.14. The molecule has 0 atom stereocenters. The van der Waals surface area contributed by atoms with Crippen molar-refractivity contribution in [1.82, 2.24) is 14.5 Å². The number of thiazole rings is 1. The standard InChI is InChI=1S/C15H19N3O4S/c1-10-8-12(11(2)18(10)15-16-4-7-23-15)14(21)17(5-6-22-3)9-13(19)20/h4,7-8H,5-6,9H2,1-3H3,(H,19,20). The zero-order chi connectivity index (χ0) is 17.0. The van der Waals surface area contributed by atoms with Crippen LogP contribution in [-0.4, -0.2) is 58.2 Å². The van der Waals surface area contributed by atoms with Crippen molar-refractivity contribution in [2.75, 3.05) is 26.8 Å². The molecule has 0 aliphatic rings. The minimum absolute atomic E-state index is 0.225. The molecule has 2 rings (SSSR count). The van der Waals surface area contributed by atoms with Gasteiger partial charge in [0.1, 0.15) is 6.54 Å². The Balaban J connectivity index is 2.34. The summed E-state index contributed by atoms with van der Waals surface area (Å²) in [5.74, 6) is -1.37. The van der Waals surface area contributed by atoms with Crippen molar-refractivity contribution < 1.29 is 19.4 Å². The molecule has 0 bridgehead atoms. The normalized spacial score (nSPS) is 10.7. The van der Waals surface area contributed by atoms with Crippen LogP contribution in [0.25, 0.3) is 5.13 Å². The van der Waals surface area contributed by atoms with Gasteiger partial charge >= 0.3 is 5.97 Å². The Morgan fingerprint density at radius 2 is 2.17 bits per heavy atom. The van der Waals surface area contributed by atoms with E-state index < -0.39 is 5.97 Å². The number of aliphatic carboxylic acids is 1. The molecule has 0 fully saturated rings. The van der Waals surface area contributed by atoms with Crippen molar-refractivity contribution in [2.24, 2.45) is 0 Å². The Labute approximate surface area is 138 Å². The van der Waals surface area contributed by atoms with Gasteiger partial charge in [0, 0.05) is 36.6 Å². The van der Waals surface area contributed by atoms with Gasteiger partial charge in [-0.15, -0.1) is 11.3 Å². The van der Waals surface area contributed by atoms with E-state index in [0.29, 0.717) is 5.56 Å². The molecule has 7 nitrogen and oxygen atoms in total. The van der Waals surface area contributed by atoms with Crippen molar-refractivity contribution in [3.05, 3.63) is 34.6 Å². The molecule has 0 aromatic carbocycles. The minimum atomic E-state index is -1.05. The third-order valence-corrected chi connectivity index (χ3v) is 4.21. The van der Waals surface area contributed by atoms with E-state index in [1.54, 1.807) is 12.3 Å². The zero-order valence-corrected chi connectivity index (χ0v) is 14.1. The second-order valence-corrected chi connectivity index (χ2v) is 5.92. The summed E-state index contributed by atoms with van der Waals surface area (Å²) >= 11 is 1.48. The number of amides is 1. The van der Waals surface area contributed by atoms with Gasteiger partial charge in [-0.25, -0.2) is 4.98 Å². The second kappa shape index (κ2) is 7.38. The molecule has 23 heavy (non-hydrogen) atoms. The highest BCUT2D eigenvalue weighted by Crippen LogP contribution is 2.23. The Kier molecular flexibility index (Phi) is 5.51. The zero-order valence-electron chi connectivity index (χ0n) is 13.3. The third kappa shape index (κ3) is 3.77. The average Bonchev–Trinajstić information content (AvgIpc) is 3.10. The molecule has 8 heteroatoms. The number of carbonyl (C=O) groups excluding carboxylic acids is 1. The van der Waals surface area contributed by atoms with Crippen LogP contribution in [0.2, 0.25) is 0 Å². The highest BCUT2D eigenvalue weighted by molar-refractivity contribution is 7.12. The number of carboxylic acids is 1. The Morgan fingerprint density at radius 3 is 2.74 bits per heavy atom. The molecule has 0 unspecified atom stereocenters. The Morgan fingerprint density at radius 1 is 1.43 bits per heavy atom. The number of hydrogen-bond donors (Lipinski definition) is 1. The number of hydrogen-bond acceptors (Lipinski definition) is 5. The number of ether oxygens (including phenoxy) is 1. The van der Waals surface area contributed by atoms with E-state index in [9.17, 15) is 9.59 Å². The van der Waals surface area contributed by atoms with Crippen LogP contribution in [0.4, 0.5) is 0 Å². The van der Waals surface area contributed by atoms with E-state index in [1.807, 2.05) is 23.8 Å². The van der Waals surface area contributed by atoms with E-state index in [0.717, 1.165) is 16.5 Å². The molecule has 2 aromatic rings. The Hall–Kier alpha value is -2.19. The van der Waals surface area contributed by atoms with E-state index >= 15 is 0 Å². The topological polar surface area (TPSA) is 84.7 Å². The molecule has 1 N–H and O–H groups in total. The molecule has 0 radical (unpaired) electrons. The number of aryl methyl sites for hydroxylation is 1. The summed E-state index contributed by atoms with van der Waals surface area (Å²) in [4.78, 5) is 29.3. The fraction of sp³-hybridized carbons (Fsp3) is 0.400. The van der Waals surface area contributed by atoms with Gasteiger partial charge in [-0.2, -0.15) is 0 Å². The van der Waals surface area contributed by atoms with Crippen LogP contribution < -0.4 is 0 Å². The maximum absolute atomic E-state index is 12.7. The molecule has 0 saturated heterocycles. The van der Waals surface area contributed by atoms with Crippen LogP contribution in [0.3, 0.4) is 0 Å². The molecule has 0 saturated carbocycles. The summed E-state index contributed by atoms with van der Waals surface area (Å²) in [5.41, 5.74) is 2.10. The predicted octanol–water partition coefficient (Wildman–Crippen LogP) is 1.72. The maximum Gasteiger partial charge on any atom is 0.323 e. The van der Waals surface area contributed by atoms with E-state index in [2.05, 4.69) is 4.98 Å². The Bertz CT molecular complexity index is 694. The van der Waals surface area contributed by atoms with E-state index in [1.165, 1.54) is 23.3 Å². The van der Waals surface area contributed by atoms with Crippen molar-refractivity contribution >= 4 is 23.2 Å². The van der Waals surface area contributed by atoms with Gasteiger partial charge < -0.3 is 14.7 Å². The number of aromatic nitrogens is 2. The van der Waals surface area contributed by atoms with Gasteiger partial charge in [0.05, 0.1) is 12.2 Å². The lowest BCUT2D eigenvalue weighted by Crippen LogP contribution is -2.38. The minimum Gasteiger partial charge on any atom is -0.480 e. The largest absolute Gasteiger partial charge is 0.480 e. The van der Waals surface area contributed by atoms with Crippen LogP contribution in [0.5, 0.6) is 0 Å². The molecular weight excluding hydrogens is 318 g/mol. The summed E-state index contributed by atoms with van der Waals surface area (Å²) in [6.07, 6.45) is 1.70. The molecule has 2 aromatic heterocycles. The van der Waals surface area contributed by atoms with Gasteiger partial charge in [0.25, 0.3) is 5.91 Å². The molecule has 2 heterocycles. The second-order valence-electron chi connectivity index (χ2n) is 5.05. The average molecular weight is 337 g/mol. The quantitative estimate of drug-likeness (QED) is 0.831. The first-order chi connectivity index (χ1) is 11.0. The molecule has 124 valence electrons. The SMILES string of the molecule is COCCN(CC(=O)O)C(=O)c1cc(C)n(-c2nccs2)c1C. The van der Waals surface area contributed by atoms with Crippen molar-refractivity contribution in [3.8, 4) is 5.13 Å². The van der Waals surface area contributed by atoms with Gasteiger partial charge in [-0.05, 0) is 19.9 Å². The molecule has 0 spiro atoms. The molecule has 0 aliphatic carbocycles. The number of nitrogens with zero attached hydrogens (tertiary/aromatic N) is 3. The third-order valence-electron chi connectivity index (χ3n) is 3.45. The lowest BCUT2D eigenvalue weighted by Gasteiger charge is -2.20. The van der Waals surface area contributed by atoms with E-state index in [4.69, 9.17) is 9.84 Å². The van der Waals surface area contributed by atoms with Gasteiger partial charge in [-0.3, -0.25) is 14.2 Å². The first-order valence-electron chi connectivity index (χ1n) is 7.04. The first kappa shape index (κ1) is 17.2. The molecule has 1 amide bonds. The van der Waals surface area contributed by atoms with Crippen molar-refractivity contribution in [1.29, 1.82) is 0 Å². The fourth-order valence-electron chi connectivity index (χ4n) is 2.39. The van der Waals surface area contributed by atoms with Gasteiger partial charge in [0.15, 0.2) is 5.13 Å². The number of rotatable bonds is 7. The van der Waals surface area contributed by atoms with Crippen molar-refractivity contribution in [2.45, 2.75) is 13.8 Å². The lowest BCUT2D eigenvalue weighted by molar-refractivity contribution is -0.137.